The van der Waals surface area contributed by atoms with Crippen molar-refractivity contribution in [3.63, 3.8) is 0 Å². The molecule has 6 amide bonds. The second-order valence-corrected chi connectivity index (χ2v) is 26.7. The number of ether oxygens (including phenoxy) is 4. The lowest BCUT2D eigenvalue weighted by Crippen LogP contribution is -2.56. The molecule has 18 heteroatoms. The van der Waals surface area contributed by atoms with Gasteiger partial charge in [0.25, 0.3) is 23.6 Å². The van der Waals surface area contributed by atoms with Crippen molar-refractivity contribution in [2.45, 2.75) is 89.1 Å². The van der Waals surface area contributed by atoms with E-state index in [2.05, 4.69) is 0 Å². The van der Waals surface area contributed by atoms with Gasteiger partial charge in [-0.25, -0.2) is 0 Å². The van der Waals surface area contributed by atoms with Crippen LogP contribution in [0.4, 0.5) is 0 Å². The first-order valence-electron chi connectivity index (χ1n) is 35.2. The van der Waals surface area contributed by atoms with Crippen molar-refractivity contribution in [1.29, 1.82) is 0 Å². The highest BCUT2D eigenvalue weighted by Crippen LogP contribution is 2.58. The lowest BCUT2D eigenvalue weighted by Gasteiger charge is -2.38. The van der Waals surface area contributed by atoms with Gasteiger partial charge in [-0.15, -0.1) is 0 Å². The van der Waals surface area contributed by atoms with Gasteiger partial charge in [-0.3, -0.25) is 38.6 Å². The summed E-state index contributed by atoms with van der Waals surface area (Å²) in [6, 6.07) is 50.6. The largest absolute Gasteiger partial charge is 0.457 e. The molecule has 2 atom stereocenters. The number of hydrogen-bond acceptors (Lipinski definition) is 14. The molecule has 4 aliphatic rings. The van der Waals surface area contributed by atoms with Crippen LogP contribution in [0.15, 0.2) is 182 Å². The third kappa shape index (κ3) is 12.7. The normalized spacial score (nSPS) is 15.3. The van der Waals surface area contributed by atoms with E-state index < -0.39 is 35.7 Å². The summed E-state index contributed by atoms with van der Waals surface area (Å²) < 4.78 is 29.0. The lowest BCUT2D eigenvalue weighted by molar-refractivity contribution is -0.137. The highest BCUT2D eigenvalue weighted by Gasteiger charge is 2.48. The molecule has 4 aliphatic heterocycles. The smallest absolute Gasteiger partial charge is 0.262 e. The Morgan fingerprint density at radius 1 is 0.314 bits per heavy atom. The Hall–Kier alpha value is -11.0. The van der Waals surface area contributed by atoms with E-state index in [9.17, 15) is 20.4 Å². The summed E-state index contributed by atoms with van der Waals surface area (Å²) in [6.07, 6.45) is 6.19. The lowest BCUT2D eigenvalue weighted by atomic mass is 9.80. The van der Waals surface area contributed by atoms with Crippen molar-refractivity contribution in [3.8, 4) is 46.0 Å². The van der Waals surface area contributed by atoms with Crippen molar-refractivity contribution >= 4 is 78.5 Å². The van der Waals surface area contributed by atoms with Gasteiger partial charge >= 0.3 is 0 Å². The van der Waals surface area contributed by atoms with E-state index in [1.54, 1.807) is 82.6 Å². The number of carbonyl (C=O) groups excluding carboxylic acids is 6. The van der Waals surface area contributed by atoms with E-state index in [0.29, 0.717) is 74.9 Å². The van der Waals surface area contributed by atoms with Gasteiger partial charge in [0.05, 0.1) is 22.3 Å². The molecule has 0 radical (unpaired) electrons. The minimum Gasteiger partial charge on any atom is -0.457 e. The fourth-order valence-corrected chi connectivity index (χ4v) is 15.3. The van der Waals surface area contributed by atoms with Crippen LogP contribution >= 0.6 is 0 Å². The maximum Gasteiger partial charge on any atom is 0.262 e. The molecule has 0 spiro atoms. The molecule has 11 aromatic carbocycles. The SMILES string of the molecule is O=C(C(Cc1ccccc1)N1C(=O)c2cc(Oc3ccc(CCO)cc3)c3c4c(Oc5ccc(CCO)cc5)cc5c6c(cc(Oc7ccc(CCO)cc7)c(c7c(Oc8ccc(CCO)cc8)cc(c2c37)C1=O)c64)C(=O)N(C(Cc1ccccc1)C(=O)N1CCCCC1)C5=O)N1CCCCC1. The van der Waals surface area contributed by atoms with Crippen LogP contribution in [0.3, 0.4) is 0 Å². The molecule has 0 aromatic heterocycles. The quantitative estimate of drug-likeness (QED) is 0.0250. The van der Waals surface area contributed by atoms with Gasteiger partial charge in [-0.2, -0.15) is 0 Å². The molecule has 0 saturated carbocycles. The molecular formula is C84H76N4O14. The number of nitrogens with zero attached hydrogens (tertiary/aromatic N) is 4. The van der Waals surface area contributed by atoms with Gasteiger partial charge in [0.15, 0.2) is 0 Å². The molecule has 4 N–H and O–H groups in total. The van der Waals surface area contributed by atoms with Crippen molar-refractivity contribution in [2.75, 3.05) is 52.6 Å². The molecule has 15 rings (SSSR count). The number of amides is 6. The molecule has 516 valence electrons. The van der Waals surface area contributed by atoms with E-state index in [0.717, 1.165) is 81.7 Å². The minimum absolute atomic E-state index is 0.00247. The highest BCUT2D eigenvalue weighted by molar-refractivity contribution is 6.45. The zero-order chi connectivity index (χ0) is 70.1. The molecule has 18 nitrogen and oxygen atoms in total. The number of aliphatic hydroxyl groups is 4. The molecule has 11 aromatic rings. The zero-order valence-electron chi connectivity index (χ0n) is 56.3. The van der Waals surface area contributed by atoms with Crippen LogP contribution in [0.5, 0.6) is 46.0 Å². The first-order valence-corrected chi connectivity index (χ1v) is 35.2. The maximum atomic E-state index is 16.5. The summed E-state index contributed by atoms with van der Waals surface area (Å²) in [4.78, 5) is 103. The van der Waals surface area contributed by atoms with Gasteiger partial charge in [-0.05, 0) is 170 Å². The molecule has 2 saturated heterocycles. The van der Waals surface area contributed by atoms with Gasteiger partial charge in [0.1, 0.15) is 58.1 Å². The van der Waals surface area contributed by atoms with E-state index in [4.69, 9.17) is 18.9 Å². The zero-order valence-corrected chi connectivity index (χ0v) is 56.3. The fourth-order valence-electron chi connectivity index (χ4n) is 15.3. The Morgan fingerprint density at radius 2 is 0.569 bits per heavy atom. The third-order valence-electron chi connectivity index (χ3n) is 20.2. The molecular weight excluding hydrogens is 1290 g/mol. The van der Waals surface area contributed by atoms with E-state index in [-0.39, 0.29) is 139 Å². The predicted molar refractivity (Wildman–Crippen MR) is 387 cm³/mol. The van der Waals surface area contributed by atoms with E-state index in [1.165, 1.54) is 0 Å². The summed E-state index contributed by atoms with van der Waals surface area (Å²) in [5.74, 6) is -2.48. The average molecular weight is 1370 g/mol. The van der Waals surface area contributed by atoms with Crippen molar-refractivity contribution in [3.05, 3.63) is 238 Å². The summed E-state index contributed by atoms with van der Waals surface area (Å²) >= 11 is 0. The second-order valence-electron chi connectivity index (χ2n) is 26.7. The number of carbonyl (C=O) groups is 6. The average Bonchev–Trinajstić information content (AvgIpc) is 0.671. The van der Waals surface area contributed by atoms with Gasteiger partial charge in [-0.1, -0.05) is 109 Å². The molecule has 2 fully saturated rings. The fraction of sp³-hybridized carbons (Fsp3) is 0.262. The number of imide groups is 2. The summed E-state index contributed by atoms with van der Waals surface area (Å²) in [5.41, 5.74) is 4.67. The number of fused-ring (bicyclic) bond motifs is 2. The number of benzene rings is 11. The Labute approximate surface area is 588 Å². The number of piperidine rings is 2. The van der Waals surface area contributed by atoms with Crippen LogP contribution in [-0.4, -0.2) is 140 Å². The van der Waals surface area contributed by atoms with Crippen molar-refractivity contribution < 1.29 is 68.1 Å². The van der Waals surface area contributed by atoms with Crippen LogP contribution in [0.2, 0.25) is 0 Å². The number of aliphatic hydroxyl groups excluding tert-OH is 4. The Bertz CT molecular complexity index is 4470. The van der Waals surface area contributed by atoms with Crippen molar-refractivity contribution in [2.24, 2.45) is 0 Å². The number of hydrogen-bond donors (Lipinski definition) is 4. The van der Waals surface area contributed by atoms with Crippen LogP contribution in [0, 0.1) is 0 Å². The molecule has 2 unspecified atom stereocenters. The van der Waals surface area contributed by atoms with Crippen LogP contribution < -0.4 is 18.9 Å². The molecule has 0 bridgehead atoms. The first kappa shape index (κ1) is 66.8. The standard InChI is InChI=1S/C84H76N4O14/c89-41-33-51-17-25-57(26-18-51)99-67-47-61-71-62(80(94)87(79(61)93)65(45-55-13-5-1-6-14-55)83(97)85-37-9-3-10-38-85)48-68(100-58-27-19-52(20-28-58)34-42-90)74-76-70(102-60-31-23-54(24-32-60)36-44-92)50-64-72-63(49-69(75(78(72)76)73(67)77(71)74)101-59-29-21-53(22-30-59)35-43-91)81(95)88(82(64)96)66(46-56-15-7-2-8-16-56)84(98)86-39-11-4-12-40-86/h1-2,5-8,13-32,47-50,65-66,89-92H,3-4,9-12,33-46H2. The number of likely N-dealkylation sites (tertiary alicyclic amines) is 2. The monoisotopic (exact) mass is 1360 g/mol. The third-order valence-corrected chi connectivity index (χ3v) is 20.2. The van der Waals surface area contributed by atoms with Crippen molar-refractivity contribution in [1.82, 2.24) is 19.6 Å². The summed E-state index contributed by atoms with van der Waals surface area (Å²) in [7, 11) is 0. The van der Waals surface area contributed by atoms with E-state index in [1.807, 2.05) is 109 Å². The topological polar surface area (TPSA) is 233 Å². The Morgan fingerprint density at radius 3 is 0.814 bits per heavy atom. The van der Waals surface area contributed by atoms with Crippen LogP contribution in [0.25, 0.3) is 43.1 Å². The Balaban J connectivity index is 1.09. The first-order chi connectivity index (χ1) is 49.9. The summed E-state index contributed by atoms with van der Waals surface area (Å²) in [5, 5.41) is 42.0. The molecule has 0 aliphatic carbocycles. The molecule has 102 heavy (non-hydrogen) atoms. The summed E-state index contributed by atoms with van der Waals surface area (Å²) in [6.45, 7) is 1.29. The Kier molecular flexibility index (Phi) is 18.9. The van der Waals surface area contributed by atoms with Gasteiger partial charge < -0.3 is 49.2 Å². The minimum atomic E-state index is -1.32. The predicted octanol–water partition coefficient (Wildman–Crippen LogP) is 13.5. The van der Waals surface area contributed by atoms with Gasteiger partial charge in [0.2, 0.25) is 11.8 Å². The number of rotatable bonds is 24. The van der Waals surface area contributed by atoms with Crippen LogP contribution in [-0.2, 0) is 48.1 Å². The molecule has 4 heterocycles. The van der Waals surface area contributed by atoms with Gasteiger partial charge in [0, 0.05) is 109 Å². The van der Waals surface area contributed by atoms with E-state index >= 15 is 28.8 Å². The highest BCUT2D eigenvalue weighted by atomic mass is 16.5. The van der Waals surface area contributed by atoms with Crippen LogP contribution in [0.1, 0.15) is 113 Å². The second kappa shape index (κ2) is 28.9. The maximum absolute atomic E-state index is 16.5.